The van der Waals surface area contributed by atoms with Crippen LogP contribution in [-0.2, 0) is 13.8 Å². The van der Waals surface area contributed by atoms with Gasteiger partial charge < -0.3 is 14.6 Å². The normalized spacial score (nSPS) is 23.5. The van der Waals surface area contributed by atoms with Crippen LogP contribution >= 0.6 is 18.7 Å². The summed E-state index contributed by atoms with van der Waals surface area (Å²) in [6, 6.07) is 2.07. The van der Waals surface area contributed by atoms with Crippen molar-refractivity contribution < 1.29 is 18.6 Å². The second kappa shape index (κ2) is 7.95. The molecule has 0 amide bonds. The van der Waals surface area contributed by atoms with E-state index in [0.29, 0.717) is 17.2 Å². The Balaban J connectivity index is 2.18. The highest BCUT2D eigenvalue weighted by Gasteiger charge is 2.30. The summed E-state index contributed by atoms with van der Waals surface area (Å²) in [5.74, 6) is 5.96. The zero-order valence-corrected chi connectivity index (χ0v) is 17.2. The van der Waals surface area contributed by atoms with E-state index in [2.05, 4.69) is 17.2 Å². The van der Waals surface area contributed by atoms with Crippen molar-refractivity contribution in [1.29, 1.82) is 0 Å². The van der Waals surface area contributed by atoms with E-state index in [1.165, 1.54) is 25.6 Å². The lowest BCUT2D eigenvalue weighted by Crippen LogP contribution is -2.27. The van der Waals surface area contributed by atoms with Crippen LogP contribution in [0.4, 0.5) is 5.69 Å². The van der Waals surface area contributed by atoms with Crippen molar-refractivity contribution in [3.05, 3.63) is 15.8 Å². The fourth-order valence-corrected chi connectivity index (χ4v) is 5.45. The Bertz CT molecular complexity index is 726. The number of nitrogens with one attached hydrogen (secondary N) is 1. The third-order valence-corrected chi connectivity index (χ3v) is 7.57. The number of anilines is 1. The Labute approximate surface area is 153 Å². The molecule has 2 rings (SSSR count). The molecule has 7 heteroatoms. The summed E-state index contributed by atoms with van der Waals surface area (Å²) in [4.78, 5) is 13.4. The topological polar surface area (TPSA) is 64.6 Å². The molecular weight excluding hydrogens is 357 g/mol. The van der Waals surface area contributed by atoms with Crippen molar-refractivity contribution in [2.24, 2.45) is 5.41 Å². The van der Waals surface area contributed by atoms with Crippen LogP contribution in [0.5, 0.6) is 0 Å². The molecule has 5 nitrogen and oxygen atoms in total. The Kier molecular flexibility index (Phi) is 6.37. The van der Waals surface area contributed by atoms with Gasteiger partial charge in [-0.2, -0.15) is 0 Å². The number of rotatable bonds is 4. The van der Waals surface area contributed by atoms with E-state index in [9.17, 15) is 9.36 Å². The molecule has 1 fully saturated rings. The van der Waals surface area contributed by atoms with Gasteiger partial charge in [0.15, 0.2) is 0 Å². The van der Waals surface area contributed by atoms with Crippen molar-refractivity contribution in [3.8, 4) is 11.8 Å². The molecule has 0 bridgehead atoms. The molecule has 1 aromatic rings. The highest BCUT2D eigenvalue weighted by Crippen LogP contribution is 2.51. The van der Waals surface area contributed by atoms with Gasteiger partial charge in [-0.25, -0.2) is 4.79 Å². The first-order valence-corrected chi connectivity index (χ1v) is 11.1. The summed E-state index contributed by atoms with van der Waals surface area (Å²) in [5.41, 5.74) is 0.641. The fourth-order valence-electron chi connectivity index (χ4n) is 2.56. The van der Waals surface area contributed by atoms with Crippen LogP contribution in [0.15, 0.2) is 6.07 Å². The highest BCUT2D eigenvalue weighted by atomic mass is 32.1. The van der Waals surface area contributed by atoms with Crippen molar-refractivity contribution in [3.63, 3.8) is 0 Å². The van der Waals surface area contributed by atoms with Gasteiger partial charge in [0.1, 0.15) is 4.88 Å². The van der Waals surface area contributed by atoms with Crippen LogP contribution < -0.4 is 5.32 Å². The third kappa shape index (κ3) is 5.60. The zero-order valence-electron chi connectivity index (χ0n) is 15.5. The molecule has 0 radical (unpaired) electrons. The number of ether oxygens (including phenoxy) is 1. The second-order valence-corrected chi connectivity index (χ2v) is 11.1. The van der Waals surface area contributed by atoms with Crippen LogP contribution in [0.2, 0.25) is 0 Å². The molecule has 0 spiro atoms. The predicted octanol–water partition coefficient (Wildman–Crippen LogP) is 4.43. The van der Waals surface area contributed by atoms with Crippen LogP contribution in [0.25, 0.3) is 0 Å². The quantitative estimate of drug-likeness (QED) is 0.473. The Morgan fingerprint density at radius 1 is 1.32 bits per heavy atom. The van der Waals surface area contributed by atoms with Crippen molar-refractivity contribution in [2.75, 3.05) is 31.9 Å². The monoisotopic (exact) mass is 383 g/mol. The Hall–Kier alpha value is -1.28. The number of hydrogen-bond acceptors (Lipinski definition) is 6. The van der Waals surface area contributed by atoms with Gasteiger partial charge in [-0.15, -0.1) is 11.3 Å². The lowest BCUT2D eigenvalue weighted by Gasteiger charge is -2.28. The molecule has 0 saturated carbocycles. The first-order valence-electron chi connectivity index (χ1n) is 8.31. The number of esters is 1. The third-order valence-electron chi connectivity index (χ3n) is 3.99. The average Bonchev–Trinajstić information content (AvgIpc) is 2.97. The number of methoxy groups -OCH3 is 1. The first-order chi connectivity index (χ1) is 11.7. The molecule has 0 aliphatic carbocycles. The van der Waals surface area contributed by atoms with Gasteiger partial charge in [-0.3, -0.25) is 4.57 Å². The SMILES string of the molecule is COC(=O)c1sc(C#CC(C)(C)C)cc1NC1CCP(=O)(OC)CC1. The summed E-state index contributed by atoms with van der Waals surface area (Å²) in [6.45, 7) is 6.14. The Morgan fingerprint density at radius 3 is 2.48 bits per heavy atom. The Morgan fingerprint density at radius 2 is 1.96 bits per heavy atom. The maximum absolute atomic E-state index is 12.3. The number of thiophene rings is 1. The van der Waals surface area contributed by atoms with Crippen molar-refractivity contribution in [1.82, 2.24) is 0 Å². The van der Waals surface area contributed by atoms with Crippen LogP contribution in [0, 0.1) is 17.3 Å². The molecule has 0 aromatic carbocycles. The van der Waals surface area contributed by atoms with Gasteiger partial charge >= 0.3 is 5.97 Å². The molecule has 1 aliphatic heterocycles. The summed E-state index contributed by atoms with van der Waals surface area (Å²) in [5, 5.41) is 3.41. The summed E-state index contributed by atoms with van der Waals surface area (Å²) < 4.78 is 22.3. The fraction of sp³-hybridized carbons (Fsp3) is 0.611. The average molecular weight is 383 g/mol. The van der Waals surface area contributed by atoms with E-state index in [1.807, 2.05) is 26.8 Å². The first kappa shape index (κ1) is 20.0. The minimum absolute atomic E-state index is 0.103. The molecule has 0 unspecified atom stereocenters. The standard InChI is InChI=1S/C18H26NO4PS/c1-18(2,3)9-6-14-12-15(16(25-14)17(20)22-4)19-13-7-10-24(21,23-5)11-8-13/h12-13,19H,7-8,10-11H2,1-5H3. The lowest BCUT2D eigenvalue weighted by atomic mass is 9.98. The summed E-state index contributed by atoms with van der Waals surface area (Å²) in [7, 11) is 0.445. The predicted molar refractivity (Wildman–Crippen MR) is 103 cm³/mol. The summed E-state index contributed by atoms with van der Waals surface area (Å²) >= 11 is 1.34. The van der Waals surface area contributed by atoms with E-state index in [1.54, 1.807) is 0 Å². The maximum Gasteiger partial charge on any atom is 0.350 e. The molecule has 138 valence electrons. The molecular formula is C18H26NO4PS. The smallest absolute Gasteiger partial charge is 0.350 e. The second-order valence-electron chi connectivity index (χ2n) is 7.21. The van der Waals surface area contributed by atoms with E-state index in [-0.39, 0.29) is 17.4 Å². The van der Waals surface area contributed by atoms with Crippen molar-refractivity contribution >= 4 is 30.4 Å². The number of carbonyl (C=O) groups excluding carboxylic acids is 1. The van der Waals surface area contributed by atoms with Gasteiger partial charge in [-0.1, -0.05) is 11.8 Å². The number of carbonyl (C=O) groups is 1. The van der Waals surface area contributed by atoms with Gasteiger partial charge in [0, 0.05) is 30.9 Å². The molecule has 2 heterocycles. The van der Waals surface area contributed by atoms with Crippen LogP contribution in [-0.4, -0.2) is 38.6 Å². The largest absolute Gasteiger partial charge is 0.465 e. The van der Waals surface area contributed by atoms with Crippen LogP contribution in [0.1, 0.15) is 48.2 Å². The molecule has 0 atom stereocenters. The zero-order chi connectivity index (χ0) is 18.7. The van der Waals surface area contributed by atoms with Gasteiger partial charge in [0.25, 0.3) is 0 Å². The van der Waals surface area contributed by atoms with E-state index in [0.717, 1.165) is 23.4 Å². The van der Waals surface area contributed by atoms with E-state index in [4.69, 9.17) is 9.26 Å². The van der Waals surface area contributed by atoms with E-state index >= 15 is 0 Å². The molecule has 1 aliphatic rings. The molecule has 25 heavy (non-hydrogen) atoms. The van der Waals surface area contributed by atoms with Gasteiger partial charge in [0.2, 0.25) is 7.37 Å². The van der Waals surface area contributed by atoms with E-state index < -0.39 is 7.37 Å². The minimum atomic E-state index is -2.45. The minimum Gasteiger partial charge on any atom is -0.465 e. The highest BCUT2D eigenvalue weighted by molar-refractivity contribution is 7.59. The molecule has 1 aromatic heterocycles. The van der Waals surface area contributed by atoms with Gasteiger partial charge in [0.05, 0.1) is 17.7 Å². The summed E-state index contributed by atoms with van der Waals surface area (Å²) in [6.07, 6.45) is 2.64. The maximum atomic E-state index is 12.3. The molecule has 1 N–H and O–H groups in total. The molecule has 1 saturated heterocycles. The van der Waals surface area contributed by atoms with Gasteiger partial charge in [-0.05, 0) is 39.7 Å². The lowest BCUT2D eigenvalue weighted by molar-refractivity contribution is 0.0607. The number of hydrogen-bond donors (Lipinski definition) is 1. The van der Waals surface area contributed by atoms with Crippen molar-refractivity contribution in [2.45, 2.75) is 39.7 Å². The van der Waals surface area contributed by atoms with Crippen LogP contribution in [0.3, 0.4) is 0 Å².